The summed E-state index contributed by atoms with van der Waals surface area (Å²) in [5.41, 5.74) is 3.06. The Kier molecular flexibility index (Phi) is 4.86. The van der Waals surface area contributed by atoms with Crippen molar-refractivity contribution in [1.82, 2.24) is 20.3 Å². The average molecular weight is 256 g/mol. The molecule has 0 radical (unpaired) electrons. The van der Waals surface area contributed by atoms with E-state index in [0.717, 1.165) is 36.5 Å². The largest absolute Gasteiger partial charge is 0.308 e. The molecule has 0 fully saturated rings. The van der Waals surface area contributed by atoms with Crippen molar-refractivity contribution < 1.29 is 0 Å². The van der Waals surface area contributed by atoms with Gasteiger partial charge in [-0.25, -0.2) is 0 Å². The number of nitrogens with one attached hydrogen (secondary N) is 1. The lowest BCUT2D eigenvalue weighted by Crippen LogP contribution is -2.14. The molecule has 4 heteroatoms. The van der Waals surface area contributed by atoms with Crippen LogP contribution in [-0.4, -0.2) is 21.5 Å². The van der Waals surface area contributed by atoms with Crippen molar-refractivity contribution in [3.8, 4) is 11.3 Å². The minimum absolute atomic E-state index is 0.708. The molecule has 1 aromatic heterocycles. The van der Waals surface area contributed by atoms with E-state index in [0.29, 0.717) is 6.54 Å². The van der Waals surface area contributed by atoms with E-state index in [2.05, 4.69) is 41.1 Å². The zero-order chi connectivity index (χ0) is 13.5. The number of rotatable bonds is 7. The van der Waals surface area contributed by atoms with E-state index in [1.54, 1.807) is 4.80 Å². The molecule has 1 heterocycles. The number of aromatic nitrogens is 3. The number of nitrogens with zero attached hydrogens (tertiary/aromatic N) is 3. The summed E-state index contributed by atoms with van der Waals surface area (Å²) in [5.74, 6) is 0. The molecule has 2 rings (SSSR count). The van der Waals surface area contributed by atoms with E-state index in [1.807, 2.05) is 24.3 Å². The molecule has 1 aromatic carbocycles. The van der Waals surface area contributed by atoms with Crippen LogP contribution < -0.4 is 5.32 Å². The summed E-state index contributed by atoms with van der Waals surface area (Å²) in [7, 11) is 0. The number of benzene rings is 1. The Morgan fingerprint density at radius 3 is 2.74 bits per heavy atom. The second kappa shape index (κ2) is 6.85. The van der Waals surface area contributed by atoms with E-state index in [1.165, 1.54) is 0 Å². The van der Waals surface area contributed by atoms with Gasteiger partial charge in [0.25, 0.3) is 0 Å². The van der Waals surface area contributed by atoms with Gasteiger partial charge in [0, 0.05) is 18.7 Å². The summed E-state index contributed by atoms with van der Waals surface area (Å²) in [6.45, 7) is 8.16. The molecule has 100 valence electrons. The molecule has 0 aliphatic rings. The molecule has 0 saturated carbocycles. The summed E-state index contributed by atoms with van der Waals surface area (Å²) < 4.78 is 0. The Labute approximate surface area is 114 Å². The van der Waals surface area contributed by atoms with Crippen molar-refractivity contribution in [3.63, 3.8) is 0 Å². The van der Waals surface area contributed by atoms with Gasteiger partial charge in [0.1, 0.15) is 11.4 Å². The molecule has 0 atom stereocenters. The maximum atomic E-state index is 4.59. The van der Waals surface area contributed by atoms with Crippen LogP contribution in [0.2, 0.25) is 0 Å². The fourth-order valence-electron chi connectivity index (χ4n) is 1.91. The molecule has 0 bridgehead atoms. The standard InChI is InChI=1S/C15H20N4/c1-3-10-16-12-14-15(13-8-6-5-7-9-13)18-19(17-14)11-4-2/h3,5-9,16H,1,4,10-12H2,2H3. The Balaban J connectivity index is 2.26. The van der Waals surface area contributed by atoms with E-state index in [9.17, 15) is 0 Å². The first-order valence-electron chi connectivity index (χ1n) is 6.66. The van der Waals surface area contributed by atoms with E-state index in [-0.39, 0.29) is 0 Å². The second-order valence-electron chi connectivity index (χ2n) is 4.38. The van der Waals surface area contributed by atoms with Crippen molar-refractivity contribution >= 4 is 0 Å². The molecule has 0 spiro atoms. The maximum Gasteiger partial charge on any atom is 0.117 e. The third-order valence-electron chi connectivity index (χ3n) is 2.78. The van der Waals surface area contributed by atoms with E-state index >= 15 is 0 Å². The lowest BCUT2D eigenvalue weighted by molar-refractivity contribution is 0.522. The van der Waals surface area contributed by atoms with Crippen LogP contribution in [0.15, 0.2) is 43.0 Å². The highest BCUT2D eigenvalue weighted by molar-refractivity contribution is 5.60. The molecular formula is C15H20N4. The quantitative estimate of drug-likeness (QED) is 0.611. The minimum Gasteiger partial charge on any atom is -0.308 e. The van der Waals surface area contributed by atoms with Crippen LogP contribution >= 0.6 is 0 Å². The molecule has 1 N–H and O–H groups in total. The van der Waals surface area contributed by atoms with Gasteiger partial charge in [0.05, 0.1) is 6.54 Å². The predicted octanol–water partition coefficient (Wildman–Crippen LogP) is 2.63. The number of hydrogen-bond donors (Lipinski definition) is 1. The highest BCUT2D eigenvalue weighted by Gasteiger charge is 2.11. The SMILES string of the molecule is C=CCNCc1nn(CCC)nc1-c1ccccc1. The van der Waals surface area contributed by atoms with Crippen molar-refractivity contribution in [2.45, 2.75) is 26.4 Å². The molecule has 0 aliphatic heterocycles. The van der Waals surface area contributed by atoms with Gasteiger partial charge >= 0.3 is 0 Å². The summed E-state index contributed by atoms with van der Waals surface area (Å²) in [4.78, 5) is 1.78. The summed E-state index contributed by atoms with van der Waals surface area (Å²) in [5, 5.41) is 12.4. The zero-order valence-corrected chi connectivity index (χ0v) is 11.3. The van der Waals surface area contributed by atoms with Crippen molar-refractivity contribution in [1.29, 1.82) is 0 Å². The predicted molar refractivity (Wildman–Crippen MR) is 77.7 cm³/mol. The van der Waals surface area contributed by atoms with Crippen LogP contribution in [0.3, 0.4) is 0 Å². The zero-order valence-electron chi connectivity index (χ0n) is 11.3. The van der Waals surface area contributed by atoms with Crippen LogP contribution in [0.5, 0.6) is 0 Å². The summed E-state index contributed by atoms with van der Waals surface area (Å²) >= 11 is 0. The molecule has 2 aromatic rings. The van der Waals surface area contributed by atoms with Crippen LogP contribution in [0.1, 0.15) is 19.0 Å². The fourth-order valence-corrected chi connectivity index (χ4v) is 1.91. The molecule has 4 nitrogen and oxygen atoms in total. The highest BCUT2D eigenvalue weighted by atomic mass is 15.5. The van der Waals surface area contributed by atoms with Crippen molar-refractivity contribution in [2.75, 3.05) is 6.54 Å². The number of aryl methyl sites for hydroxylation is 1. The highest BCUT2D eigenvalue weighted by Crippen LogP contribution is 2.19. The molecular weight excluding hydrogens is 236 g/mol. The van der Waals surface area contributed by atoms with Gasteiger partial charge in [0.2, 0.25) is 0 Å². The first-order valence-corrected chi connectivity index (χ1v) is 6.66. The monoisotopic (exact) mass is 256 g/mol. The smallest absolute Gasteiger partial charge is 0.117 e. The normalized spacial score (nSPS) is 10.6. The van der Waals surface area contributed by atoms with Crippen LogP contribution in [0.4, 0.5) is 0 Å². The average Bonchev–Trinajstić information content (AvgIpc) is 2.84. The summed E-state index contributed by atoms with van der Waals surface area (Å²) in [6.07, 6.45) is 2.88. The van der Waals surface area contributed by atoms with Gasteiger partial charge in [-0.2, -0.15) is 15.0 Å². The van der Waals surface area contributed by atoms with Crippen molar-refractivity contribution in [2.24, 2.45) is 0 Å². The lowest BCUT2D eigenvalue weighted by Gasteiger charge is -2.01. The van der Waals surface area contributed by atoms with Gasteiger partial charge in [-0.15, -0.1) is 6.58 Å². The molecule has 0 amide bonds. The van der Waals surface area contributed by atoms with E-state index in [4.69, 9.17) is 0 Å². The topological polar surface area (TPSA) is 42.7 Å². The third kappa shape index (κ3) is 3.51. The van der Waals surface area contributed by atoms with Gasteiger partial charge < -0.3 is 5.32 Å². The summed E-state index contributed by atoms with van der Waals surface area (Å²) in [6, 6.07) is 10.2. The Morgan fingerprint density at radius 2 is 2.05 bits per heavy atom. The first kappa shape index (κ1) is 13.5. The lowest BCUT2D eigenvalue weighted by atomic mass is 10.1. The van der Waals surface area contributed by atoms with Gasteiger partial charge in [-0.05, 0) is 6.42 Å². The second-order valence-corrected chi connectivity index (χ2v) is 4.38. The fraction of sp³-hybridized carbons (Fsp3) is 0.333. The van der Waals surface area contributed by atoms with Crippen molar-refractivity contribution in [3.05, 3.63) is 48.7 Å². The van der Waals surface area contributed by atoms with Crippen LogP contribution in [0, 0.1) is 0 Å². The molecule has 0 unspecified atom stereocenters. The van der Waals surface area contributed by atoms with Crippen LogP contribution in [0.25, 0.3) is 11.3 Å². The van der Waals surface area contributed by atoms with Gasteiger partial charge in [-0.1, -0.05) is 43.3 Å². The third-order valence-corrected chi connectivity index (χ3v) is 2.78. The first-order chi connectivity index (χ1) is 9.35. The number of hydrogen-bond acceptors (Lipinski definition) is 3. The van der Waals surface area contributed by atoms with E-state index < -0.39 is 0 Å². The maximum absolute atomic E-state index is 4.59. The molecule has 0 aliphatic carbocycles. The Bertz CT molecular complexity index is 516. The Morgan fingerprint density at radius 1 is 1.26 bits per heavy atom. The van der Waals surface area contributed by atoms with Gasteiger partial charge in [0.15, 0.2) is 0 Å². The minimum atomic E-state index is 0.708. The molecule has 19 heavy (non-hydrogen) atoms. The van der Waals surface area contributed by atoms with Crippen LogP contribution in [-0.2, 0) is 13.1 Å². The molecule has 0 saturated heterocycles. The van der Waals surface area contributed by atoms with Gasteiger partial charge in [-0.3, -0.25) is 0 Å². The Hall–Kier alpha value is -1.94.